The second kappa shape index (κ2) is 7.06. The molecule has 0 spiro atoms. The van der Waals surface area contributed by atoms with Gasteiger partial charge < -0.3 is 10.4 Å². The number of aliphatic carboxylic acids is 1. The summed E-state index contributed by atoms with van der Waals surface area (Å²) in [6, 6.07) is 5.92. The molecule has 8 nitrogen and oxygen atoms in total. The summed E-state index contributed by atoms with van der Waals surface area (Å²) in [5, 5.41) is 11.8. The Morgan fingerprint density at radius 1 is 1.23 bits per heavy atom. The van der Waals surface area contributed by atoms with Crippen LogP contribution < -0.4 is 5.32 Å². The van der Waals surface area contributed by atoms with Gasteiger partial charge in [-0.25, -0.2) is 12.7 Å². The van der Waals surface area contributed by atoms with Crippen molar-refractivity contribution in [3.63, 3.8) is 0 Å². The Morgan fingerprint density at radius 2 is 1.88 bits per heavy atom. The van der Waals surface area contributed by atoms with E-state index in [1.807, 2.05) is 0 Å². The lowest BCUT2D eigenvalue weighted by atomic mass is 9.90. The van der Waals surface area contributed by atoms with Crippen LogP contribution in [0.3, 0.4) is 0 Å². The number of hydrogen-bond acceptors (Lipinski definition) is 5. The second-order valence-electron chi connectivity index (χ2n) is 6.53. The topological polar surface area (TPSA) is 121 Å². The SMILES string of the molecule is O=C(O)C(C(=O)NCCN1C(=O)c2ccccc2S1(=O)=O)C1CCCC1. The van der Waals surface area contributed by atoms with Gasteiger partial charge in [0.1, 0.15) is 10.8 Å². The number of carboxylic acids is 1. The van der Waals surface area contributed by atoms with Crippen LogP contribution in [-0.2, 0) is 19.6 Å². The number of carboxylic acid groups (broad SMARTS) is 1. The van der Waals surface area contributed by atoms with Crippen LogP contribution in [0, 0.1) is 11.8 Å². The van der Waals surface area contributed by atoms with Gasteiger partial charge in [0.2, 0.25) is 5.91 Å². The third-order valence-electron chi connectivity index (χ3n) is 4.95. The molecule has 1 aliphatic carbocycles. The lowest BCUT2D eigenvalue weighted by Crippen LogP contribution is -2.43. The van der Waals surface area contributed by atoms with E-state index in [-0.39, 0.29) is 29.5 Å². The Morgan fingerprint density at radius 3 is 2.50 bits per heavy atom. The highest BCUT2D eigenvalue weighted by Gasteiger charge is 2.41. The summed E-state index contributed by atoms with van der Waals surface area (Å²) < 4.78 is 25.6. The predicted molar refractivity (Wildman–Crippen MR) is 90.8 cm³/mol. The molecule has 9 heteroatoms. The van der Waals surface area contributed by atoms with Gasteiger partial charge in [0.25, 0.3) is 15.9 Å². The van der Waals surface area contributed by atoms with Gasteiger partial charge in [-0.2, -0.15) is 0 Å². The standard InChI is InChI=1S/C17H20N2O6S/c20-15(14(17(22)23)11-5-1-2-6-11)18-9-10-19-16(21)12-7-3-4-8-13(12)26(19,24)25/h3-4,7-8,11,14H,1-2,5-6,9-10H2,(H,18,20)(H,22,23). The summed E-state index contributed by atoms with van der Waals surface area (Å²) in [6.45, 7) is -0.368. The highest BCUT2D eigenvalue weighted by atomic mass is 32.2. The third kappa shape index (κ3) is 3.18. The monoisotopic (exact) mass is 380 g/mol. The molecule has 0 saturated heterocycles. The maximum Gasteiger partial charge on any atom is 0.316 e. The van der Waals surface area contributed by atoms with Crippen LogP contribution in [-0.4, -0.2) is 48.7 Å². The van der Waals surface area contributed by atoms with Crippen molar-refractivity contribution in [3.05, 3.63) is 29.8 Å². The number of hydrogen-bond donors (Lipinski definition) is 2. The Balaban J connectivity index is 1.64. The van der Waals surface area contributed by atoms with Crippen molar-refractivity contribution in [1.29, 1.82) is 0 Å². The molecule has 0 aromatic heterocycles. The van der Waals surface area contributed by atoms with Gasteiger partial charge in [0, 0.05) is 6.54 Å². The van der Waals surface area contributed by atoms with Gasteiger partial charge in [0.15, 0.2) is 0 Å². The molecule has 1 aliphatic heterocycles. The highest BCUT2D eigenvalue weighted by molar-refractivity contribution is 7.90. The molecule has 2 N–H and O–H groups in total. The summed E-state index contributed by atoms with van der Waals surface area (Å²) in [7, 11) is -3.93. The van der Waals surface area contributed by atoms with E-state index in [1.165, 1.54) is 18.2 Å². The third-order valence-corrected chi connectivity index (χ3v) is 6.79. The Bertz CT molecular complexity index is 845. The van der Waals surface area contributed by atoms with E-state index in [2.05, 4.69) is 5.32 Å². The van der Waals surface area contributed by atoms with Crippen molar-refractivity contribution in [2.75, 3.05) is 13.1 Å². The quantitative estimate of drug-likeness (QED) is 0.706. The molecule has 0 bridgehead atoms. The summed E-state index contributed by atoms with van der Waals surface area (Å²) in [5.41, 5.74) is 0.105. The van der Waals surface area contributed by atoms with Gasteiger partial charge in [-0.15, -0.1) is 0 Å². The fourth-order valence-electron chi connectivity index (χ4n) is 3.66. The molecule has 1 aromatic carbocycles. The molecule has 0 radical (unpaired) electrons. The molecule has 3 rings (SSSR count). The lowest BCUT2D eigenvalue weighted by Gasteiger charge is -2.20. The van der Waals surface area contributed by atoms with Gasteiger partial charge >= 0.3 is 5.97 Å². The maximum atomic E-state index is 12.4. The molecule has 26 heavy (non-hydrogen) atoms. The lowest BCUT2D eigenvalue weighted by molar-refractivity contribution is -0.149. The van der Waals surface area contributed by atoms with E-state index in [4.69, 9.17) is 0 Å². The minimum Gasteiger partial charge on any atom is -0.481 e. The number of benzene rings is 1. The Hall–Kier alpha value is -2.42. The zero-order valence-corrected chi connectivity index (χ0v) is 14.9. The molecule has 1 fully saturated rings. The van der Waals surface area contributed by atoms with Crippen LogP contribution in [0.2, 0.25) is 0 Å². The fourth-order valence-corrected chi connectivity index (χ4v) is 5.23. The molecule has 1 aromatic rings. The van der Waals surface area contributed by atoms with Crippen LogP contribution in [0.1, 0.15) is 36.0 Å². The molecule has 2 amide bonds. The van der Waals surface area contributed by atoms with Crippen molar-refractivity contribution in [2.45, 2.75) is 30.6 Å². The van der Waals surface area contributed by atoms with E-state index in [0.29, 0.717) is 17.1 Å². The second-order valence-corrected chi connectivity index (χ2v) is 8.36. The minimum atomic E-state index is -3.93. The molecular weight excluding hydrogens is 360 g/mol. The first-order valence-electron chi connectivity index (χ1n) is 8.50. The first-order chi connectivity index (χ1) is 12.3. The number of rotatable bonds is 6. The van der Waals surface area contributed by atoms with Crippen molar-refractivity contribution >= 4 is 27.8 Å². The van der Waals surface area contributed by atoms with Crippen molar-refractivity contribution in [3.8, 4) is 0 Å². The van der Waals surface area contributed by atoms with Crippen LogP contribution >= 0.6 is 0 Å². The van der Waals surface area contributed by atoms with E-state index < -0.39 is 33.7 Å². The van der Waals surface area contributed by atoms with Gasteiger partial charge in [0.05, 0.1) is 12.1 Å². The van der Waals surface area contributed by atoms with E-state index in [0.717, 1.165) is 12.8 Å². The van der Waals surface area contributed by atoms with Crippen LogP contribution in [0.4, 0.5) is 0 Å². The van der Waals surface area contributed by atoms with Crippen LogP contribution in [0.5, 0.6) is 0 Å². The summed E-state index contributed by atoms with van der Waals surface area (Å²) >= 11 is 0. The number of sulfonamides is 1. The Kier molecular flexibility index (Phi) is 4.99. The average Bonchev–Trinajstić information content (AvgIpc) is 3.17. The normalized spacial score (nSPS) is 20.0. The summed E-state index contributed by atoms with van der Waals surface area (Å²) in [6.07, 6.45) is 3.19. The summed E-state index contributed by atoms with van der Waals surface area (Å²) in [5.74, 6) is -3.78. The molecule has 140 valence electrons. The zero-order chi connectivity index (χ0) is 18.9. The summed E-state index contributed by atoms with van der Waals surface area (Å²) in [4.78, 5) is 35.9. The average molecular weight is 380 g/mol. The van der Waals surface area contributed by atoms with E-state index >= 15 is 0 Å². The zero-order valence-electron chi connectivity index (χ0n) is 14.1. The van der Waals surface area contributed by atoms with Crippen molar-refractivity contribution < 1.29 is 27.9 Å². The predicted octanol–water partition coefficient (Wildman–Crippen LogP) is 0.838. The molecule has 1 saturated carbocycles. The number of nitrogens with zero attached hydrogens (tertiary/aromatic N) is 1. The van der Waals surface area contributed by atoms with Crippen molar-refractivity contribution in [1.82, 2.24) is 9.62 Å². The van der Waals surface area contributed by atoms with Gasteiger partial charge in [-0.05, 0) is 30.9 Å². The fraction of sp³-hybridized carbons (Fsp3) is 0.471. The molecule has 1 unspecified atom stereocenters. The first-order valence-corrected chi connectivity index (χ1v) is 9.94. The highest BCUT2D eigenvalue weighted by Crippen LogP contribution is 2.32. The first kappa shape index (κ1) is 18.4. The Labute approximate surface area is 151 Å². The number of fused-ring (bicyclic) bond motifs is 1. The number of carbonyl (C=O) groups is 3. The number of amides is 2. The number of carbonyl (C=O) groups excluding carboxylic acids is 2. The van der Waals surface area contributed by atoms with Gasteiger partial charge in [-0.3, -0.25) is 14.4 Å². The van der Waals surface area contributed by atoms with E-state index in [9.17, 15) is 27.9 Å². The van der Waals surface area contributed by atoms with Crippen molar-refractivity contribution in [2.24, 2.45) is 11.8 Å². The largest absolute Gasteiger partial charge is 0.481 e. The molecular formula is C17H20N2O6S. The molecule has 1 heterocycles. The minimum absolute atomic E-state index is 0.0503. The van der Waals surface area contributed by atoms with Crippen LogP contribution in [0.15, 0.2) is 29.2 Å². The van der Waals surface area contributed by atoms with Crippen LogP contribution in [0.25, 0.3) is 0 Å². The van der Waals surface area contributed by atoms with Gasteiger partial charge in [-0.1, -0.05) is 25.0 Å². The van der Waals surface area contributed by atoms with E-state index in [1.54, 1.807) is 6.07 Å². The number of nitrogens with one attached hydrogen (secondary N) is 1. The smallest absolute Gasteiger partial charge is 0.316 e. The molecule has 2 aliphatic rings. The maximum absolute atomic E-state index is 12.4. The molecule has 1 atom stereocenters.